The van der Waals surface area contributed by atoms with Crippen LogP contribution in [0, 0.1) is 10.1 Å². The van der Waals surface area contributed by atoms with Gasteiger partial charge in [-0.1, -0.05) is 6.42 Å². The number of nitrogens with one attached hydrogen (secondary N) is 1. The van der Waals surface area contributed by atoms with Crippen LogP contribution in [0.2, 0.25) is 0 Å². The summed E-state index contributed by atoms with van der Waals surface area (Å²) in [5.74, 6) is 0. The molecule has 5 nitrogen and oxygen atoms in total. The van der Waals surface area contributed by atoms with Gasteiger partial charge in [0.05, 0.1) is 6.04 Å². The van der Waals surface area contributed by atoms with Gasteiger partial charge in [-0.3, -0.25) is 15.1 Å². The first-order chi connectivity index (χ1) is 6.11. The van der Waals surface area contributed by atoms with E-state index in [0.29, 0.717) is 6.42 Å². The fourth-order valence-electron chi connectivity index (χ4n) is 1.85. The molecular formula is C8H17N3O2. The molecule has 0 aromatic heterocycles. The van der Waals surface area contributed by atoms with Gasteiger partial charge in [0.2, 0.25) is 6.04 Å². The van der Waals surface area contributed by atoms with Gasteiger partial charge in [-0.2, -0.15) is 0 Å². The maximum Gasteiger partial charge on any atom is 0.229 e. The first kappa shape index (κ1) is 10.4. The van der Waals surface area contributed by atoms with Crippen LogP contribution in [0.1, 0.15) is 25.7 Å². The molecule has 0 saturated heterocycles. The molecule has 1 saturated carbocycles. The topological polar surface area (TPSA) is 58.4 Å². The molecule has 1 N–H and O–H groups in total. The van der Waals surface area contributed by atoms with E-state index >= 15 is 0 Å². The molecule has 1 rings (SSSR count). The molecule has 76 valence electrons. The number of hydrazine groups is 1. The molecule has 0 amide bonds. The predicted molar refractivity (Wildman–Crippen MR) is 49.9 cm³/mol. The quantitative estimate of drug-likeness (QED) is 0.520. The second-order valence-corrected chi connectivity index (χ2v) is 3.77. The minimum absolute atomic E-state index is 0.0127. The van der Waals surface area contributed by atoms with E-state index in [1.54, 1.807) is 5.01 Å². The minimum Gasteiger partial charge on any atom is -0.264 e. The fraction of sp³-hybridized carbons (Fsp3) is 1.00. The van der Waals surface area contributed by atoms with E-state index in [9.17, 15) is 10.1 Å². The van der Waals surface area contributed by atoms with E-state index in [-0.39, 0.29) is 11.0 Å². The summed E-state index contributed by atoms with van der Waals surface area (Å²) in [4.78, 5) is 10.5. The molecule has 0 aromatic carbocycles. The third-order valence-corrected chi connectivity index (χ3v) is 2.42. The van der Waals surface area contributed by atoms with Crippen molar-refractivity contribution in [3.8, 4) is 0 Å². The van der Waals surface area contributed by atoms with Crippen LogP contribution in [-0.4, -0.2) is 36.1 Å². The van der Waals surface area contributed by atoms with Crippen LogP contribution in [0.25, 0.3) is 0 Å². The second-order valence-electron chi connectivity index (χ2n) is 3.77. The normalized spacial score (nSPS) is 29.2. The van der Waals surface area contributed by atoms with Gasteiger partial charge < -0.3 is 0 Å². The summed E-state index contributed by atoms with van der Waals surface area (Å²) in [6.07, 6.45) is 3.69. The first-order valence-corrected chi connectivity index (χ1v) is 4.68. The van der Waals surface area contributed by atoms with Crippen molar-refractivity contribution < 1.29 is 4.92 Å². The Morgan fingerprint density at radius 2 is 2.00 bits per heavy atom. The number of nitro groups is 1. The molecular weight excluding hydrogens is 170 g/mol. The lowest BCUT2D eigenvalue weighted by Crippen LogP contribution is -2.50. The van der Waals surface area contributed by atoms with Gasteiger partial charge in [0.15, 0.2) is 0 Å². The SMILES string of the molecule is CN(C)NC1CCCCC1[N+](=O)[O-]. The molecule has 0 aromatic rings. The fourth-order valence-corrected chi connectivity index (χ4v) is 1.85. The molecule has 5 heteroatoms. The van der Waals surface area contributed by atoms with Crippen molar-refractivity contribution in [2.75, 3.05) is 14.1 Å². The standard InChI is InChI=1S/C8H17N3O2/c1-10(2)9-7-5-3-4-6-8(7)11(12)13/h7-9H,3-6H2,1-2H3. The third kappa shape index (κ3) is 2.93. The highest BCUT2D eigenvalue weighted by atomic mass is 16.6. The zero-order valence-corrected chi connectivity index (χ0v) is 8.19. The Labute approximate surface area is 78.2 Å². The van der Waals surface area contributed by atoms with Crippen molar-refractivity contribution in [3.63, 3.8) is 0 Å². The van der Waals surface area contributed by atoms with E-state index < -0.39 is 6.04 Å². The molecule has 1 fully saturated rings. The van der Waals surface area contributed by atoms with Crippen molar-refractivity contribution >= 4 is 0 Å². The lowest BCUT2D eigenvalue weighted by atomic mass is 9.91. The van der Waals surface area contributed by atoms with Crippen LogP contribution >= 0.6 is 0 Å². The third-order valence-electron chi connectivity index (χ3n) is 2.42. The molecule has 2 atom stereocenters. The van der Waals surface area contributed by atoms with E-state index in [0.717, 1.165) is 19.3 Å². The largest absolute Gasteiger partial charge is 0.264 e. The molecule has 2 unspecified atom stereocenters. The van der Waals surface area contributed by atoms with E-state index in [2.05, 4.69) is 5.43 Å². The lowest BCUT2D eigenvalue weighted by Gasteiger charge is -2.28. The molecule has 13 heavy (non-hydrogen) atoms. The molecule has 1 aliphatic rings. The molecule has 0 heterocycles. The average molecular weight is 187 g/mol. The van der Waals surface area contributed by atoms with Gasteiger partial charge in [-0.05, 0) is 12.8 Å². The van der Waals surface area contributed by atoms with Crippen molar-refractivity contribution in [1.82, 2.24) is 10.4 Å². The van der Waals surface area contributed by atoms with Crippen LogP contribution < -0.4 is 5.43 Å². The van der Waals surface area contributed by atoms with Crippen molar-refractivity contribution in [1.29, 1.82) is 0 Å². The summed E-state index contributed by atoms with van der Waals surface area (Å²) >= 11 is 0. The monoisotopic (exact) mass is 187 g/mol. The summed E-state index contributed by atoms with van der Waals surface area (Å²) in [5.41, 5.74) is 3.10. The lowest BCUT2D eigenvalue weighted by molar-refractivity contribution is -0.531. The maximum atomic E-state index is 10.7. The van der Waals surface area contributed by atoms with Gasteiger partial charge in [0.1, 0.15) is 0 Å². The van der Waals surface area contributed by atoms with Crippen LogP contribution in [-0.2, 0) is 0 Å². The van der Waals surface area contributed by atoms with E-state index in [4.69, 9.17) is 0 Å². The smallest absolute Gasteiger partial charge is 0.229 e. The highest BCUT2D eigenvalue weighted by Gasteiger charge is 2.33. The summed E-state index contributed by atoms with van der Waals surface area (Å²) < 4.78 is 0. The zero-order valence-electron chi connectivity index (χ0n) is 8.19. The second kappa shape index (κ2) is 4.53. The summed E-state index contributed by atoms with van der Waals surface area (Å²) in [6.45, 7) is 0. The van der Waals surface area contributed by atoms with Crippen LogP contribution in [0.4, 0.5) is 0 Å². The highest BCUT2D eigenvalue weighted by molar-refractivity contribution is 4.79. The molecule has 0 radical (unpaired) electrons. The summed E-state index contributed by atoms with van der Waals surface area (Å²) in [7, 11) is 3.73. The maximum absolute atomic E-state index is 10.7. The van der Waals surface area contributed by atoms with Gasteiger partial charge in [0.25, 0.3) is 0 Å². The Bertz CT molecular complexity index is 184. The first-order valence-electron chi connectivity index (χ1n) is 4.68. The van der Waals surface area contributed by atoms with Gasteiger partial charge >= 0.3 is 0 Å². The Hall–Kier alpha value is -0.680. The Kier molecular flexibility index (Phi) is 3.62. The van der Waals surface area contributed by atoms with Crippen molar-refractivity contribution in [2.45, 2.75) is 37.8 Å². The summed E-state index contributed by atoms with van der Waals surface area (Å²) in [6, 6.07) is -0.394. The number of nitrogens with zero attached hydrogens (tertiary/aromatic N) is 2. The number of hydrogen-bond donors (Lipinski definition) is 1. The van der Waals surface area contributed by atoms with E-state index in [1.165, 1.54) is 0 Å². The van der Waals surface area contributed by atoms with Crippen LogP contribution in [0.3, 0.4) is 0 Å². The van der Waals surface area contributed by atoms with Crippen molar-refractivity contribution in [3.05, 3.63) is 10.1 Å². The van der Waals surface area contributed by atoms with Crippen LogP contribution in [0.15, 0.2) is 0 Å². The molecule has 0 spiro atoms. The number of hydrogen-bond acceptors (Lipinski definition) is 4. The Morgan fingerprint density at radius 3 is 2.54 bits per heavy atom. The van der Waals surface area contributed by atoms with E-state index in [1.807, 2.05) is 14.1 Å². The summed E-state index contributed by atoms with van der Waals surface area (Å²) in [5, 5.41) is 12.5. The van der Waals surface area contributed by atoms with Gasteiger partial charge in [0, 0.05) is 25.4 Å². The zero-order chi connectivity index (χ0) is 9.84. The minimum atomic E-state index is -0.406. The average Bonchev–Trinajstić information content (AvgIpc) is 2.03. The number of rotatable bonds is 3. The van der Waals surface area contributed by atoms with Gasteiger partial charge in [-0.25, -0.2) is 5.43 Å². The van der Waals surface area contributed by atoms with Crippen LogP contribution in [0.5, 0.6) is 0 Å². The predicted octanol–water partition coefficient (Wildman–Crippen LogP) is 0.640. The Balaban J connectivity index is 2.51. The molecule has 0 aliphatic heterocycles. The van der Waals surface area contributed by atoms with Gasteiger partial charge in [-0.15, -0.1) is 0 Å². The molecule has 0 bridgehead atoms. The Morgan fingerprint density at radius 1 is 1.38 bits per heavy atom. The highest BCUT2D eigenvalue weighted by Crippen LogP contribution is 2.20. The van der Waals surface area contributed by atoms with Crippen molar-refractivity contribution in [2.24, 2.45) is 0 Å². The molecule has 1 aliphatic carbocycles.